The molecule has 5 heteroatoms. The monoisotopic (exact) mass is 351 g/mol. The van der Waals surface area contributed by atoms with Crippen molar-refractivity contribution in [3.05, 3.63) is 84.4 Å². The van der Waals surface area contributed by atoms with E-state index in [1.165, 1.54) is 5.56 Å². The molecule has 25 heavy (non-hydrogen) atoms. The van der Waals surface area contributed by atoms with Gasteiger partial charge in [0.05, 0.1) is 12.0 Å². The first-order valence-electron chi connectivity index (χ1n) is 8.27. The molecule has 0 fully saturated rings. The lowest BCUT2D eigenvalue weighted by molar-refractivity contribution is -0.120. The number of aromatic nitrogens is 2. The number of carbonyl (C=O) groups excluding carboxylic acids is 1. The molecule has 0 atom stereocenters. The summed E-state index contributed by atoms with van der Waals surface area (Å²) in [6.07, 6.45) is 5.95. The lowest BCUT2D eigenvalue weighted by atomic mass is 10.1. The average molecular weight is 351 g/mol. The fourth-order valence-corrected chi connectivity index (χ4v) is 3.43. The number of para-hydroxylation sites is 1. The van der Waals surface area contributed by atoms with Gasteiger partial charge < -0.3 is 9.88 Å². The number of imidazole rings is 1. The van der Waals surface area contributed by atoms with Crippen LogP contribution in [0.25, 0.3) is 5.69 Å². The van der Waals surface area contributed by atoms with Crippen LogP contribution in [0.5, 0.6) is 0 Å². The Bertz CT molecular complexity index is 788. The van der Waals surface area contributed by atoms with Gasteiger partial charge in [-0.05, 0) is 17.2 Å². The molecule has 4 nitrogen and oxygen atoms in total. The van der Waals surface area contributed by atoms with Crippen LogP contribution < -0.4 is 5.32 Å². The summed E-state index contributed by atoms with van der Waals surface area (Å²) in [5.41, 5.74) is 3.41. The molecule has 0 radical (unpaired) electrons. The number of nitrogens with one attached hydrogen (secondary N) is 1. The fourth-order valence-electron chi connectivity index (χ4n) is 2.53. The molecule has 3 rings (SSSR count). The number of hydrogen-bond donors (Lipinski definition) is 1. The van der Waals surface area contributed by atoms with E-state index in [1.807, 2.05) is 53.2 Å². The predicted octanol–water partition coefficient (Wildman–Crippen LogP) is 3.81. The summed E-state index contributed by atoms with van der Waals surface area (Å²) >= 11 is 1.78. The second-order valence-electron chi connectivity index (χ2n) is 5.66. The molecule has 1 N–H and O–H groups in total. The molecule has 0 saturated heterocycles. The number of carbonyl (C=O) groups is 1. The van der Waals surface area contributed by atoms with Gasteiger partial charge in [0.1, 0.15) is 0 Å². The summed E-state index contributed by atoms with van der Waals surface area (Å²) in [7, 11) is 0. The van der Waals surface area contributed by atoms with Crippen molar-refractivity contribution in [1.29, 1.82) is 0 Å². The number of rotatable bonds is 8. The Labute approximate surface area is 152 Å². The van der Waals surface area contributed by atoms with Crippen LogP contribution in [-0.4, -0.2) is 21.2 Å². The van der Waals surface area contributed by atoms with Gasteiger partial charge in [-0.2, -0.15) is 11.8 Å². The predicted molar refractivity (Wildman–Crippen MR) is 103 cm³/mol. The highest BCUT2D eigenvalue weighted by atomic mass is 32.2. The first kappa shape index (κ1) is 17.3. The molecule has 0 saturated carbocycles. The normalized spacial score (nSPS) is 10.6. The number of hydrogen-bond acceptors (Lipinski definition) is 3. The first-order chi connectivity index (χ1) is 12.3. The van der Waals surface area contributed by atoms with Gasteiger partial charge in [-0.3, -0.25) is 4.79 Å². The van der Waals surface area contributed by atoms with Crippen LogP contribution in [-0.2, 0) is 17.1 Å². The van der Waals surface area contributed by atoms with Crippen LogP contribution in [0.15, 0.2) is 73.3 Å². The Morgan fingerprint density at radius 2 is 1.88 bits per heavy atom. The molecular weight excluding hydrogens is 330 g/mol. The zero-order valence-corrected chi connectivity index (χ0v) is 14.8. The third-order valence-corrected chi connectivity index (χ3v) is 4.87. The van der Waals surface area contributed by atoms with Crippen molar-refractivity contribution < 1.29 is 4.79 Å². The van der Waals surface area contributed by atoms with Crippen molar-refractivity contribution >= 4 is 17.7 Å². The van der Waals surface area contributed by atoms with Crippen molar-refractivity contribution in [3.63, 3.8) is 0 Å². The van der Waals surface area contributed by atoms with E-state index in [2.05, 4.69) is 22.4 Å². The van der Waals surface area contributed by atoms with E-state index >= 15 is 0 Å². The minimum atomic E-state index is 0.0843. The van der Waals surface area contributed by atoms with Gasteiger partial charge in [-0.1, -0.05) is 48.5 Å². The molecule has 0 aliphatic rings. The summed E-state index contributed by atoms with van der Waals surface area (Å²) in [5, 5.41) is 3.01. The molecule has 0 aliphatic heterocycles. The Hall–Kier alpha value is -2.53. The second-order valence-corrected chi connectivity index (χ2v) is 6.77. The SMILES string of the molecule is O=C(CCSCc1ccccc1)NCc1ccccc1-n1ccnc1. The minimum absolute atomic E-state index is 0.0843. The number of nitrogens with zero attached hydrogens (tertiary/aromatic N) is 2. The van der Waals surface area contributed by atoms with Gasteiger partial charge in [0.2, 0.25) is 5.91 Å². The van der Waals surface area contributed by atoms with Crippen LogP contribution in [0, 0.1) is 0 Å². The summed E-state index contributed by atoms with van der Waals surface area (Å²) < 4.78 is 1.96. The number of thioether (sulfide) groups is 1. The summed E-state index contributed by atoms with van der Waals surface area (Å²) in [6.45, 7) is 0.524. The molecule has 1 heterocycles. The zero-order chi connectivity index (χ0) is 17.3. The Morgan fingerprint density at radius 1 is 1.08 bits per heavy atom. The smallest absolute Gasteiger partial charge is 0.221 e. The Balaban J connectivity index is 1.44. The highest BCUT2D eigenvalue weighted by Crippen LogP contribution is 2.15. The molecule has 0 bridgehead atoms. The highest BCUT2D eigenvalue weighted by Gasteiger charge is 2.06. The highest BCUT2D eigenvalue weighted by molar-refractivity contribution is 7.98. The molecule has 2 aromatic carbocycles. The zero-order valence-electron chi connectivity index (χ0n) is 14.0. The van der Waals surface area contributed by atoms with Gasteiger partial charge in [0, 0.05) is 36.9 Å². The van der Waals surface area contributed by atoms with Crippen LogP contribution in [0.4, 0.5) is 0 Å². The summed E-state index contributed by atoms with van der Waals surface area (Å²) in [4.78, 5) is 16.2. The van der Waals surface area contributed by atoms with E-state index < -0.39 is 0 Å². The third kappa shape index (κ3) is 5.22. The van der Waals surface area contributed by atoms with Crippen molar-refractivity contribution in [2.75, 3.05) is 5.75 Å². The van der Waals surface area contributed by atoms with Gasteiger partial charge in [0.15, 0.2) is 0 Å². The maximum atomic E-state index is 12.1. The largest absolute Gasteiger partial charge is 0.352 e. The Morgan fingerprint density at radius 3 is 2.68 bits per heavy atom. The number of amides is 1. The molecule has 0 unspecified atom stereocenters. The lowest BCUT2D eigenvalue weighted by Crippen LogP contribution is -2.23. The molecule has 3 aromatic rings. The summed E-state index contributed by atoms with van der Waals surface area (Å²) in [5.74, 6) is 1.85. The van der Waals surface area contributed by atoms with Crippen LogP contribution in [0.3, 0.4) is 0 Å². The van der Waals surface area contributed by atoms with Crippen LogP contribution >= 0.6 is 11.8 Å². The molecule has 0 aliphatic carbocycles. The van der Waals surface area contributed by atoms with E-state index in [9.17, 15) is 4.79 Å². The number of benzene rings is 2. The fraction of sp³-hybridized carbons (Fsp3) is 0.200. The lowest BCUT2D eigenvalue weighted by Gasteiger charge is -2.11. The van der Waals surface area contributed by atoms with E-state index in [0.29, 0.717) is 13.0 Å². The van der Waals surface area contributed by atoms with E-state index in [0.717, 1.165) is 22.8 Å². The standard InChI is InChI=1S/C20H21N3OS/c24-20(10-13-25-15-17-6-2-1-3-7-17)22-14-18-8-4-5-9-19(18)23-12-11-21-16-23/h1-9,11-12,16H,10,13-15H2,(H,22,24). The second kappa shape index (κ2) is 9.08. The molecule has 128 valence electrons. The van der Waals surface area contributed by atoms with Crippen molar-refractivity contribution in [1.82, 2.24) is 14.9 Å². The topological polar surface area (TPSA) is 46.9 Å². The van der Waals surface area contributed by atoms with Gasteiger partial charge in [-0.25, -0.2) is 4.98 Å². The van der Waals surface area contributed by atoms with E-state index in [-0.39, 0.29) is 5.91 Å². The van der Waals surface area contributed by atoms with Crippen molar-refractivity contribution in [2.45, 2.75) is 18.7 Å². The van der Waals surface area contributed by atoms with Crippen molar-refractivity contribution in [2.24, 2.45) is 0 Å². The molecule has 1 aromatic heterocycles. The van der Waals surface area contributed by atoms with E-state index in [1.54, 1.807) is 24.3 Å². The molecule has 1 amide bonds. The average Bonchev–Trinajstić information content (AvgIpc) is 3.19. The summed E-state index contributed by atoms with van der Waals surface area (Å²) in [6, 6.07) is 18.3. The maximum absolute atomic E-state index is 12.1. The third-order valence-electron chi connectivity index (χ3n) is 3.84. The minimum Gasteiger partial charge on any atom is -0.352 e. The van der Waals surface area contributed by atoms with Gasteiger partial charge >= 0.3 is 0 Å². The Kier molecular flexibility index (Phi) is 6.29. The van der Waals surface area contributed by atoms with Crippen LogP contribution in [0.1, 0.15) is 17.5 Å². The molecular formula is C20H21N3OS. The van der Waals surface area contributed by atoms with Crippen molar-refractivity contribution in [3.8, 4) is 5.69 Å². The molecule has 0 spiro atoms. The quantitative estimate of drug-likeness (QED) is 0.628. The van der Waals surface area contributed by atoms with Crippen LogP contribution in [0.2, 0.25) is 0 Å². The van der Waals surface area contributed by atoms with Gasteiger partial charge in [-0.15, -0.1) is 0 Å². The first-order valence-corrected chi connectivity index (χ1v) is 9.43. The van der Waals surface area contributed by atoms with Gasteiger partial charge in [0.25, 0.3) is 0 Å². The maximum Gasteiger partial charge on any atom is 0.221 e. The van der Waals surface area contributed by atoms with E-state index in [4.69, 9.17) is 0 Å².